The second-order valence-electron chi connectivity index (χ2n) is 4.96. The Bertz CT molecular complexity index is 456. The maximum absolute atomic E-state index is 12.3. The van der Waals surface area contributed by atoms with E-state index in [9.17, 15) is 4.79 Å². The van der Waals surface area contributed by atoms with Gasteiger partial charge in [0.2, 0.25) is 0 Å². The van der Waals surface area contributed by atoms with Gasteiger partial charge in [-0.05, 0) is 19.8 Å². The smallest absolute Gasteiger partial charge is 0.273 e. The first-order valence-corrected chi connectivity index (χ1v) is 7.56. The van der Waals surface area contributed by atoms with Crippen molar-refractivity contribution in [2.75, 3.05) is 26.3 Å². The van der Waals surface area contributed by atoms with Gasteiger partial charge in [-0.3, -0.25) is 4.79 Å². The molecule has 2 fully saturated rings. The van der Waals surface area contributed by atoms with Crippen molar-refractivity contribution in [2.45, 2.75) is 32.0 Å². The van der Waals surface area contributed by atoms with Gasteiger partial charge in [-0.25, -0.2) is 4.98 Å². The summed E-state index contributed by atoms with van der Waals surface area (Å²) in [4.78, 5) is 18.4. The molecule has 1 aromatic rings. The summed E-state index contributed by atoms with van der Waals surface area (Å²) < 4.78 is 11.4. The highest BCUT2D eigenvalue weighted by Crippen LogP contribution is 2.22. The second kappa shape index (κ2) is 5.56. The zero-order valence-electron chi connectivity index (χ0n) is 11.0. The molecule has 3 rings (SSSR count). The van der Waals surface area contributed by atoms with E-state index in [-0.39, 0.29) is 18.1 Å². The van der Waals surface area contributed by atoms with Gasteiger partial charge < -0.3 is 14.4 Å². The fourth-order valence-corrected chi connectivity index (χ4v) is 3.19. The number of carbonyl (C=O) groups excluding carboxylic acids is 1. The molecule has 0 N–H and O–H groups in total. The second-order valence-corrected chi connectivity index (χ2v) is 6.03. The molecule has 6 heteroatoms. The van der Waals surface area contributed by atoms with Crippen molar-refractivity contribution in [3.05, 3.63) is 16.1 Å². The Labute approximate surface area is 116 Å². The number of aromatic nitrogens is 1. The van der Waals surface area contributed by atoms with Gasteiger partial charge in [0.05, 0.1) is 17.7 Å². The van der Waals surface area contributed by atoms with E-state index in [0.29, 0.717) is 25.4 Å². The Morgan fingerprint density at radius 1 is 1.42 bits per heavy atom. The topological polar surface area (TPSA) is 51.7 Å². The first kappa shape index (κ1) is 13.0. The Morgan fingerprint density at radius 3 is 2.95 bits per heavy atom. The van der Waals surface area contributed by atoms with Crippen LogP contribution in [0.1, 0.15) is 28.3 Å². The lowest BCUT2D eigenvalue weighted by Gasteiger charge is -2.35. The number of thiazole rings is 1. The lowest BCUT2D eigenvalue weighted by Crippen LogP contribution is -2.49. The normalized spacial score (nSPS) is 27.7. The summed E-state index contributed by atoms with van der Waals surface area (Å²) in [6.07, 6.45) is 2.28. The monoisotopic (exact) mass is 282 g/mol. The first-order chi connectivity index (χ1) is 9.24. The van der Waals surface area contributed by atoms with Crippen LogP contribution in [-0.4, -0.2) is 54.3 Å². The van der Waals surface area contributed by atoms with Gasteiger partial charge in [0.1, 0.15) is 11.8 Å². The Kier molecular flexibility index (Phi) is 3.81. The molecule has 104 valence electrons. The van der Waals surface area contributed by atoms with Gasteiger partial charge in [0.25, 0.3) is 5.91 Å². The van der Waals surface area contributed by atoms with E-state index in [1.807, 2.05) is 17.2 Å². The van der Waals surface area contributed by atoms with Crippen LogP contribution in [-0.2, 0) is 9.47 Å². The highest BCUT2D eigenvalue weighted by molar-refractivity contribution is 7.09. The molecule has 2 aliphatic heterocycles. The van der Waals surface area contributed by atoms with Crippen molar-refractivity contribution in [1.29, 1.82) is 0 Å². The molecule has 0 bridgehead atoms. The lowest BCUT2D eigenvalue weighted by molar-refractivity contribution is -0.0868. The van der Waals surface area contributed by atoms with Gasteiger partial charge in [0.15, 0.2) is 0 Å². The Morgan fingerprint density at radius 2 is 2.26 bits per heavy atom. The number of aryl methyl sites for hydroxylation is 1. The highest BCUT2D eigenvalue weighted by Gasteiger charge is 2.33. The molecule has 0 radical (unpaired) electrons. The van der Waals surface area contributed by atoms with E-state index in [1.165, 1.54) is 11.3 Å². The largest absolute Gasteiger partial charge is 0.375 e. The van der Waals surface area contributed by atoms with Crippen molar-refractivity contribution >= 4 is 17.2 Å². The average Bonchev–Trinajstić information content (AvgIpc) is 3.09. The third kappa shape index (κ3) is 2.80. The molecule has 0 unspecified atom stereocenters. The van der Waals surface area contributed by atoms with Crippen LogP contribution in [0, 0.1) is 6.92 Å². The summed E-state index contributed by atoms with van der Waals surface area (Å²) in [5.74, 6) is 0.00986. The van der Waals surface area contributed by atoms with Gasteiger partial charge in [-0.15, -0.1) is 11.3 Å². The van der Waals surface area contributed by atoms with Crippen LogP contribution in [0.15, 0.2) is 5.38 Å². The molecule has 19 heavy (non-hydrogen) atoms. The molecule has 5 nitrogen and oxygen atoms in total. The van der Waals surface area contributed by atoms with E-state index < -0.39 is 0 Å². The number of ether oxygens (including phenoxy) is 2. The van der Waals surface area contributed by atoms with Crippen LogP contribution in [0.5, 0.6) is 0 Å². The number of rotatable bonds is 2. The standard InChI is InChI=1S/C13H18N2O3S/c1-9-14-10(8-19-9)13(16)15-4-6-18-12(7-15)11-3-2-5-17-11/h8,11-12H,2-7H2,1H3/t11-,12+/m1/s1. The fourth-order valence-electron chi connectivity index (χ4n) is 2.60. The summed E-state index contributed by atoms with van der Waals surface area (Å²) in [5, 5.41) is 2.75. The molecule has 2 aliphatic rings. The van der Waals surface area contributed by atoms with E-state index in [1.54, 1.807) is 0 Å². The molecule has 3 heterocycles. The minimum absolute atomic E-state index is 0.00986. The van der Waals surface area contributed by atoms with Crippen LogP contribution >= 0.6 is 11.3 Å². The van der Waals surface area contributed by atoms with E-state index >= 15 is 0 Å². The Balaban J connectivity index is 1.65. The molecule has 0 saturated carbocycles. The average molecular weight is 282 g/mol. The summed E-state index contributed by atoms with van der Waals surface area (Å²) in [5.41, 5.74) is 0.551. The van der Waals surface area contributed by atoms with Crippen molar-refractivity contribution in [3.8, 4) is 0 Å². The highest BCUT2D eigenvalue weighted by atomic mass is 32.1. The maximum Gasteiger partial charge on any atom is 0.273 e. The Hall–Kier alpha value is -0.980. The summed E-state index contributed by atoms with van der Waals surface area (Å²) >= 11 is 1.51. The van der Waals surface area contributed by atoms with E-state index in [0.717, 1.165) is 24.5 Å². The van der Waals surface area contributed by atoms with Crippen LogP contribution < -0.4 is 0 Å². The van der Waals surface area contributed by atoms with Gasteiger partial charge >= 0.3 is 0 Å². The number of hydrogen-bond acceptors (Lipinski definition) is 5. The zero-order valence-corrected chi connectivity index (χ0v) is 11.8. The summed E-state index contributed by atoms with van der Waals surface area (Å²) in [6.45, 7) is 4.55. The number of morpholine rings is 1. The van der Waals surface area contributed by atoms with Gasteiger partial charge in [0, 0.05) is 25.1 Å². The third-order valence-electron chi connectivity index (χ3n) is 3.60. The van der Waals surface area contributed by atoms with Gasteiger partial charge in [-0.1, -0.05) is 0 Å². The number of nitrogens with zero attached hydrogens (tertiary/aromatic N) is 2. The van der Waals surface area contributed by atoms with Crippen LogP contribution in [0.2, 0.25) is 0 Å². The molecule has 0 spiro atoms. The maximum atomic E-state index is 12.3. The predicted octanol–water partition coefficient (Wildman–Crippen LogP) is 1.47. The van der Waals surface area contributed by atoms with Crippen LogP contribution in [0.3, 0.4) is 0 Å². The van der Waals surface area contributed by atoms with E-state index in [4.69, 9.17) is 9.47 Å². The van der Waals surface area contributed by atoms with Crippen LogP contribution in [0.4, 0.5) is 0 Å². The number of hydrogen-bond donors (Lipinski definition) is 0. The van der Waals surface area contributed by atoms with Crippen LogP contribution in [0.25, 0.3) is 0 Å². The minimum Gasteiger partial charge on any atom is -0.375 e. The van der Waals surface area contributed by atoms with Crippen molar-refractivity contribution in [2.24, 2.45) is 0 Å². The van der Waals surface area contributed by atoms with Gasteiger partial charge in [-0.2, -0.15) is 0 Å². The van der Waals surface area contributed by atoms with Crippen molar-refractivity contribution in [1.82, 2.24) is 9.88 Å². The minimum atomic E-state index is 0.00986. The third-order valence-corrected chi connectivity index (χ3v) is 4.37. The summed E-state index contributed by atoms with van der Waals surface area (Å²) in [6, 6.07) is 0. The molecule has 1 aromatic heterocycles. The molecular formula is C13H18N2O3S. The molecule has 0 aliphatic carbocycles. The summed E-state index contributed by atoms with van der Waals surface area (Å²) in [7, 11) is 0. The number of carbonyl (C=O) groups is 1. The molecule has 1 amide bonds. The zero-order chi connectivity index (χ0) is 13.2. The molecule has 2 saturated heterocycles. The number of amides is 1. The SMILES string of the molecule is Cc1nc(C(=O)N2CCO[C@H]([C@H]3CCCO3)C2)cs1. The molecule has 0 aromatic carbocycles. The predicted molar refractivity (Wildman–Crippen MR) is 71.5 cm³/mol. The quantitative estimate of drug-likeness (QED) is 0.824. The van der Waals surface area contributed by atoms with Crippen molar-refractivity contribution < 1.29 is 14.3 Å². The molecule has 2 atom stereocenters. The molecular weight excluding hydrogens is 264 g/mol. The lowest BCUT2D eigenvalue weighted by atomic mass is 10.1. The first-order valence-electron chi connectivity index (χ1n) is 6.68. The fraction of sp³-hybridized carbons (Fsp3) is 0.692. The van der Waals surface area contributed by atoms with E-state index in [2.05, 4.69) is 4.98 Å². The van der Waals surface area contributed by atoms with Crippen molar-refractivity contribution in [3.63, 3.8) is 0 Å².